The Balaban J connectivity index is 2.03. The average molecular weight is 305 g/mol. The lowest BCUT2D eigenvalue weighted by Gasteiger charge is -2.09. The summed E-state index contributed by atoms with van der Waals surface area (Å²) in [5.74, 6) is 0.923. The summed E-state index contributed by atoms with van der Waals surface area (Å²) in [6, 6.07) is 12.0. The van der Waals surface area contributed by atoms with Gasteiger partial charge >= 0.3 is 0 Å². The van der Waals surface area contributed by atoms with Gasteiger partial charge in [0.25, 0.3) is 0 Å². The van der Waals surface area contributed by atoms with E-state index in [0.717, 1.165) is 16.1 Å². The van der Waals surface area contributed by atoms with Crippen molar-refractivity contribution in [2.75, 3.05) is 12.4 Å². The fraction of sp³-hybridized carbons (Fsp3) is 0.188. The first kappa shape index (κ1) is 15.4. The fourth-order valence-electron chi connectivity index (χ4n) is 1.86. The van der Waals surface area contributed by atoms with Gasteiger partial charge in [-0.25, -0.2) is 4.39 Å². The number of rotatable bonds is 5. The van der Waals surface area contributed by atoms with E-state index in [1.807, 2.05) is 24.3 Å². The minimum absolute atomic E-state index is 0.0973. The van der Waals surface area contributed by atoms with Crippen molar-refractivity contribution in [1.82, 2.24) is 0 Å². The highest BCUT2D eigenvalue weighted by molar-refractivity contribution is 7.98. The Hall–Kier alpha value is -2.01. The Bertz CT molecular complexity index is 629. The smallest absolute Gasteiger partial charge is 0.221 e. The summed E-state index contributed by atoms with van der Waals surface area (Å²) in [6.07, 6.45) is 0. The van der Waals surface area contributed by atoms with E-state index in [4.69, 9.17) is 4.74 Å². The summed E-state index contributed by atoms with van der Waals surface area (Å²) in [6.45, 7) is 1.47. The zero-order valence-corrected chi connectivity index (χ0v) is 12.7. The number of methoxy groups -OCH3 is 1. The normalized spacial score (nSPS) is 10.2. The molecule has 0 fully saturated rings. The van der Waals surface area contributed by atoms with Crippen LogP contribution in [0.2, 0.25) is 0 Å². The number of anilines is 1. The van der Waals surface area contributed by atoms with Gasteiger partial charge in [-0.1, -0.05) is 0 Å². The van der Waals surface area contributed by atoms with Crippen LogP contribution in [0.15, 0.2) is 47.4 Å². The minimum Gasteiger partial charge on any atom is -0.496 e. The highest BCUT2D eigenvalue weighted by Gasteiger charge is 2.06. The highest BCUT2D eigenvalue weighted by Crippen LogP contribution is 2.29. The first-order chi connectivity index (χ1) is 10.1. The van der Waals surface area contributed by atoms with Gasteiger partial charge in [0.05, 0.1) is 7.11 Å². The molecule has 2 rings (SSSR count). The van der Waals surface area contributed by atoms with Gasteiger partial charge in [-0.2, -0.15) is 0 Å². The molecular formula is C16H16FNO2S. The molecule has 0 aromatic heterocycles. The number of hydrogen-bond acceptors (Lipinski definition) is 3. The molecule has 5 heteroatoms. The molecule has 1 amide bonds. The summed E-state index contributed by atoms with van der Waals surface area (Å²) >= 11 is 1.58. The van der Waals surface area contributed by atoms with E-state index >= 15 is 0 Å². The molecule has 0 aliphatic rings. The molecule has 1 N–H and O–H groups in total. The van der Waals surface area contributed by atoms with E-state index in [1.54, 1.807) is 24.9 Å². The molecule has 3 nitrogen and oxygen atoms in total. The maximum atomic E-state index is 13.3. The predicted octanol–water partition coefficient (Wildman–Crippen LogP) is 4.09. The van der Waals surface area contributed by atoms with Gasteiger partial charge in [0.2, 0.25) is 5.91 Å². The third-order valence-electron chi connectivity index (χ3n) is 2.81. The third kappa shape index (κ3) is 4.49. The zero-order valence-electron chi connectivity index (χ0n) is 11.9. The standard InChI is InChI=1S/C16H16FNO2S/c1-11(19)18-14-4-6-15(7-5-14)21-10-12-9-13(17)3-8-16(12)20-2/h3-9H,10H2,1-2H3,(H,18,19). The Morgan fingerprint density at radius 2 is 1.95 bits per heavy atom. The summed E-state index contributed by atoms with van der Waals surface area (Å²) in [4.78, 5) is 12.0. The van der Waals surface area contributed by atoms with Gasteiger partial charge in [0.15, 0.2) is 0 Å². The molecule has 0 saturated carbocycles. The van der Waals surface area contributed by atoms with Crippen LogP contribution < -0.4 is 10.1 Å². The van der Waals surface area contributed by atoms with Gasteiger partial charge in [-0.15, -0.1) is 11.8 Å². The van der Waals surface area contributed by atoms with Crippen LogP contribution in [-0.2, 0) is 10.5 Å². The lowest BCUT2D eigenvalue weighted by Crippen LogP contribution is -2.05. The maximum Gasteiger partial charge on any atom is 0.221 e. The molecule has 0 aliphatic heterocycles. The van der Waals surface area contributed by atoms with Crippen LogP contribution in [0.1, 0.15) is 12.5 Å². The van der Waals surface area contributed by atoms with E-state index in [1.165, 1.54) is 19.1 Å². The second-order valence-corrected chi connectivity index (χ2v) is 5.50. The molecule has 0 saturated heterocycles. The Morgan fingerprint density at radius 1 is 1.24 bits per heavy atom. The number of amides is 1. The number of carbonyl (C=O) groups excluding carboxylic acids is 1. The molecule has 2 aromatic carbocycles. The van der Waals surface area contributed by atoms with Crippen molar-refractivity contribution in [2.45, 2.75) is 17.6 Å². The molecule has 0 atom stereocenters. The van der Waals surface area contributed by atoms with Crippen LogP contribution in [0, 0.1) is 5.82 Å². The molecule has 0 heterocycles. The van der Waals surface area contributed by atoms with Crippen LogP contribution >= 0.6 is 11.8 Å². The zero-order chi connectivity index (χ0) is 15.2. The fourth-order valence-corrected chi connectivity index (χ4v) is 2.74. The monoisotopic (exact) mass is 305 g/mol. The molecule has 2 aromatic rings. The number of hydrogen-bond donors (Lipinski definition) is 1. The minimum atomic E-state index is -0.271. The SMILES string of the molecule is COc1ccc(F)cc1CSc1ccc(NC(C)=O)cc1. The van der Waals surface area contributed by atoms with Gasteiger partial charge in [-0.3, -0.25) is 4.79 Å². The van der Waals surface area contributed by atoms with Gasteiger partial charge in [-0.05, 0) is 42.5 Å². The largest absolute Gasteiger partial charge is 0.496 e. The number of ether oxygens (including phenoxy) is 1. The second kappa shape index (κ2) is 7.13. The Morgan fingerprint density at radius 3 is 2.57 bits per heavy atom. The lowest BCUT2D eigenvalue weighted by atomic mass is 10.2. The first-order valence-electron chi connectivity index (χ1n) is 6.41. The van der Waals surface area contributed by atoms with Gasteiger partial charge in [0.1, 0.15) is 11.6 Å². The Labute approximate surface area is 127 Å². The third-order valence-corrected chi connectivity index (χ3v) is 3.87. The summed E-state index contributed by atoms with van der Waals surface area (Å²) in [5, 5.41) is 2.71. The van der Waals surface area contributed by atoms with Crippen LogP contribution in [-0.4, -0.2) is 13.0 Å². The highest BCUT2D eigenvalue weighted by atomic mass is 32.2. The molecule has 110 valence electrons. The van der Waals surface area contributed by atoms with E-state index in [0.29, 0.717) is 11.5 Å². The Kier molecular flexibility index (Phi) is 5.22. The summed E-state index contributed by atoms with van der Waals surface area (Å²) in [7, 11) is 1.57. The molecular weight excluding hydrogens is 289 g/mol. The quantitative estimate of drug-likeness (QED) is 0.846. The number of thioether (sulfide) groups is 1. The lowest BCUT2D eigenvalue weighted by molar-refractivity contribution is -0.114. The van der Waals surface area contributed by atoms with Crippen LogP contribution in [0.4, 0.5) is 10.1 Å². The number of nitrogens with one attached hydrogen (secondary N) is 1. The van der Waals surface area contributed by atoms with Crippen LogP contribution in [0.3, 0.4) is 0 Å². The number of benzene rings is 2. The van der Waals surface area contributed by atoms with Crippen LogP contribution in [0.25, 0.3) is 0 Å². The van der Waals surface area contributed by atoms with E-state index in [9.17, 15) is 9.18 Å². The average Bonchev–Trinajstić information content (AvgIpc) is 2.46. The van der Waals surface area contributed by atoms with Crippen molar-refractivity contribution in [2.24, 2.45) is 0 Å². The topological polar surface area (TPSA) is 38.3 Å². The van der Waals surface area contributed by atoms with Crippen molar-refractivity contribution in [3.63, 3.8) is 0 Å². The maximum absolute atomic E-state index is 13.3. The molecule has 0 radical (unpaired) electrons. The van der Waals surface area contributed by atoms with E-state index in [-0.39, 0.29) is 11.7 Å². The van der Waals surface area contributed by atoms with Crippen LogP contribution in [0.5, 0.6) is 5.75 Å². The number of carbonyl (C=O) groups is 1. The van der Waals surface area contributed by atoms with Crippen molar-refractivity contribution in [3.8, 4) is 5.75 Å². The second-order valence-electron chi connectivity index (χ2n) is 4.45. The van der Waals surface area contributed by atoms with Gasteiger partial charge in [0, 0.05) is 28.8 Å². The molecule has 0 spiro atoms. The number of halogens is 1. The summed E-state index contributed by atoms with van der Waals surface area (Å²) < 4.78 is 18.5. The summed E-state index contributed by atoms with van der Waals surface area (Å²) in [5.41, 5.74) is 1.57. The van der Waals surface area contributed by atoms with Crippen molar-refractivity contribution < 1.29 is 13.9 Å². The van der Waals surface area contributed by atoms with E-state index < -0.39 is 0 Å². The first-order valence-corrected chi connectivity index (χ1v) is 7.40. The van der Waals surface area contributed by atoms with Crippen molar-refractivity contribution in [1.29, 1.82) is 0 Å². The predicted molar refractivity (Wildman–Crippen MR) is 83.3 cm³/mol. The molecule has 0 unspecified atom stereocenters. The van der Waals surface area contributed by atoms with Crippen molar-refractivity contribution in [3.05, 3.63) is 53.8 Å². The van der Waals surface area contributed by atoms with Gasteiger partial charge < -0.3 is 10.1 Å². The van der Waals surface area contributed by atoms with Crippen molar-refractivity contribution >= 4 is 23.4 Å². The van der Waals surface area contributed by atoms with E-state index in [2.05, 4.69) is 5.32 Å². The molecule has 0 bridgehead atoms. The molecule has 0 aliphatic carbocycles. The molecule has 21 heavy (non-hydrogen) atoms.